The van der Waals surface area contributed by atoms with Crippen LogP contribution in [0.3, 0.4) is 0 Å². The smallest absolute Gasteiger partial charge is 0.272 e. The molecule has 0 amide bonds. The molecule has 5 heteroatoms. The highest BCUT2D eigenvalue weighted by Gasteiger charge is 2.28. The maximum Gasteiger partial charge on any atom is 0.272 e. The molecule has 0 aliphatic rings. The molecule has 16 heavy (non-hydrogen) atoms. The second-order valence-corrected chi connectivity index (χ2v) is 3.78. The average molecular weight is 223 g/mol. The number of aryl methyl sites for hydroxylation is 1. The zero-order valence-electron chi connectivity index (χ0n) is 8.98. The lowest BCUT2D eigenvalue weighted by molar-refractivity contribution is 0.0174. The first-order chi connectivity index (χ1) is 7.48. The second kappa shape index (κ2) is 3.66. The first-order valence-corrected chi connectivity index (χ1v) is 4.82. The van der Waals surface area contributed by atoms with Crippen LogP contribution in [0.15, 0.2) is 30.9 Å². The summed E-state index contributed by atoms with van der Waals surface area (Å²) in [7, 11) is 0. The first kappa shape index (κ1) is 10.7. The molecule has 0 atom stereocenters. The molecule has 1 aromatic heterocycles. The number of hydrogen-bond acceptors (Lipinski definition) is 2. The van der Waals surface area contributed by atoms with Crippen molar-refractivity contribution in [1.82, 2.24) is 14.8 Å². The highest BCUT2D eigenvalue weighted by atomic mass is 19.3. The SMILES string of the molecule is Cc1ccc(-n2cnnc2)c(C(C)(F)F)c1. The Labute approximate surface area is 91.7 Å². The molecule has 2 rings (SSSR count). The number of alkyl halides is 2. The van der Waals surface area contributed by atoms with E-state index < -0.39 is 5.92 Å². The van der Waals surface area contributed by atoms with Crippen molar-refractivity contribution >= 4 is 0 Å². The summed E-state index contributed by atoms with van der Waals surface area (Å²) in [4.78, 5) is 0. The van der Waals surface area contributed by atoms with Crippen LogP contribution < -0.4 is 0 Å². The molecule has 0 aliphatic heterocycles. The standard InChI is InChI=1S/C11H11F2N3/c1-8-3-4-10(16-6-14-15-7-16)9(5-8)11(2,12)13/h3-7H,1-2H3. The summed E-state index contributed by atoms with van der Waals surface area (Å²) in [6.45, 7) is 2.67. The van der Waals surface area contributed by atoms with E-state index in [1.54, 1.807) is 19.1 Å². The van der Waals surface area contributed by atoms with Gasteiger partial charge in [-0.3, -0.25) is 4.57 Å². The molecule has 0 aliphatic carbocycles. The largest absolute Gasteiger partial charge is 0.288 e. The Kier molecular flexibility index (Phi) is 2.46. The van der Waals surface area contributed by atoms with Crippen LogP contribution in [-0.4, -0.2) is 14.8 Å². The van der Waals surface area contributed by atoms with Crippen molar-refractivity contribution in [2.45, 2.75) is 19.8 Å². The summed E-state index contributed by atoms with van der Waals surface area (Å²) in [6, 6.07) is 4.91. The van der Waals surface area contributed by atoms with Crippen LogP contribution >= 0.6 is 0 Å². The zero-order chi connectivity index (χ0) is 11.8. The normalized spacial score (nSPS) is 11.8. The summed E-state index contributed by atoms with van der Waals surface area (Å²) in [5, 5.41) is 7.22. The Morgan fingerprint density at radius 3 is 2.38 bits per heavy atom. The van der Waals surface area contributed by atoms with Crippen LogP contribution in [-0.2, 0) is 5.92 Å². The summed E-state index contributed by atoms with van der Waals surface area (Å²) in [5.41, 5.74) is 1.18. The molecule has 1 heterocycles. The van der Waals surface area contributed by atoms with E-state index in [9.17, 15) is 8.78 Å². The molecular weight excluding hydrogens is 212 g/mol. The maximum atomic E-state index is 13.4. The van der Waals surface area contributed by atoms with Gasteiger partial charge in [0, 0.05) is 12.5 Å². The van der Waals surface area contributed by atoms with E-state index in [1.807, 2.05) is 0 Å². The van der Waals surface area contributed by atoms with E-state index in [0.29, 0.717) is 5.69 Å². The predicted octanol–water partition coefficient (Wildman–Crippen LogP) is 2.69. The third-order valence-corrected chi connectivity index (χ3v) is 2.32. The Bertz CT molecular complexity index is 486. The van der Waals surface area contributed by atoms with Crippen LogP contribution in [0.1, 0.15) is 18.1 Å². The van der Waals surface area contributed by atoms with Crippen molar-refractivity contribution in [2.75, 3.05) is 0 Å². The van der Waals surface area contributed by atoms with Gasteiger partial charge in [0.15, 0.2) is 0 Å². The van der Waals surface area contributed by atoms with Gasteiger partial charge in [-0.1, -0.05) is 11.6 Å². The third-order valence-electron chi connectivity index (χ3n) is 2.32. The fraction of sp³-hybridized carbons (Fsp3) is 0.273. The molecule has 0 unspecified atom stereocenters. The summed E-state index contributed by atoms with van der Waals surface area (Å²) in [5.74, 6) is -2.88. The fourth-order valence-corrected chi connectivity index (χ4v) is 1.55. The van der Waals surface area contributed by atoms with Gasteiger partial charge in [-0.2, -0.15) is 0 Å². The quantitative estimate of drug-likeness (QED) is 0.783. The summed E-state index contributed by atoms with van der Waals surface area (Å²) in [6.07, 6.45) is 2.81. The van der Waals surface area contributed by atoms with Crippen molar-refractivity contribution < 1.29 is 8.78 Å². The molecule has 0 bridgehead atoms. The topological polar surface area (TPSA) is 30.7 Å². The molecule has 0 fully saturated rings. The number of nitrogens with zero attached hydrogens (tertiary/aromatic N) is 3. The van der Waals surface area contributed by atoms with Gasteiger partial charge in [0.25, 0.3) is 5.92 Å². The highest BCUT2D eigenvalue weighted by Crippen LogP contribution is 2.32. The van der Waals surface area contributed by atoms with E-state index >= 15 is 0 Å². The van der Waals surface area contributed by atoms with Gasteiger partial charge in [-0.15, -0.1) is 10.2 Å². The van der Waals surface area contributed by atoms with Crippen molar-refractivity contribution in [3.8, 4) is 5.69 Å². The van der Waals surface area contributed by atoms with Crippen molar-refractivity contribution in [3.05, 3.63) is 42.0 Å². The van der Waals surface area contributed by atoms with Crippen LogP contribution in [0.5, 0.6) is 0 Å². The first-order valence-electron chi connectivity index (χ1n) is 4.82. The minimum atomic E-state index is -2.88. The lowest BCUT2D eigenvalue weighted by Gasteiger charge is -2.16. The van der Waals surface area contributed by atoms with Gasteiger partial charge in [0.05, 0.1) is 5.69 Å². The number of aromatic nitrogens is 3. The van der Waals surface area contributed by atoms with Gasteiger partial charge in [0.1, 0.15) is 12.7 Å². The lowest BCUT2D eigenvalue weighted by Crippen LogP contribution is -2.12. The lowest BCUT2D eigenvalue weighted by atomic mass is 10.0. The molecular formula is C11H11F2N3. The minimum Gasteiger partial charge on any atom is -0.288 e. The van der Waals surface area contributed by atoms with E-state index in [2.05, 4.69) is 10.2 Å². The summed E-state index contributed by atoms with van der Waals surface area (Å²) < 4.78 is 28.3. The molecule has 3 nitrogen and oxygen atoms in total. The Morgan fingerprint density at radius 2 is 1.81 bits per heavy atom. The van der Waals surface area contributed by atoms with E-state index in [0.717, 1.165) is 12.5 Å². The van der Waals surface area contributed by atoms with E-state index in [-0.39, 0.29) is 5.56 Å². The zero-order valence-corrected chi connectivity index (χ0v) is 8.98. The van der Waals surface area contributed by atoms with Crippen molar-refractivity contribution in [3.63, 3.8) is 0 Å². The minimum absolute atomic E-state index is 0.0210. The molecule has 2 aromatic rings. The molecule has 0 N–H and O–H groups in total. The van der Waals surface area contributed by atoms with Gasteiger partial charge in [-0.05, 0) is 19.1 Å². The van der Waals surface area contributed by atoms with Crippen LogP contribution in [0.4, 0.5) is 8.78 Å². The Morgan fingerprint density at radius 1 is 1.19 bits per heavy atom. The third kappa shape index (κ3) is 1.93. The van der Waals surface area contributed by atoms with Crippen LogP contribution in [0, 0.1) is 6.92 Å². The van der Waals surface area contributed by atoms with Gasteiger partial charge in [-0.25, -0.2) is 8.78 Å². The number of benzene rings is 1. The summed E-state index contributed by atoms with van der Waals surface area (Å²) >= 11 is 0. The van der Waals surface area contributed by atoms with E-state index in [4.69, 9.17) is 0 Å². The molecule has 0 saturated carbocycles. The Hall–Kier alpha value is -1.78. The van der Waals surface area contributed by atoms with Crippen LogP contribution in [0.2, 0.25) is 0 Å². The molecule has 84 valence electrons. The van der Waals surface area contributed by atoms with Crippen LogP contribution in [0.25, 0.3) is 5.69 Å². The molecule has 0 spiro atoms. The number of rotatable bonds is 2. The maximum absolute atomic E-state index is 13.4. The fourth-order valence-electron chi connectivity index (χ4n) is 1.55. The van der Waals surface area contributed by atoms with Gasteiger partial charge >= 0.3 is 0 Å². The average Bonchev–Trinajstić information content (AvgIpc) is 2.69. The number of halogens is 2. The molecule has 0 saturated heterocycles. The van der Waals surface area contributed by atoms with Gasteiger partial charge < -0.3 is 0 Å². The van der Waals surface area contributed by atoms with Crippen molar-refractivity contribution in [1.29, 1.82) is 0 Å². The Balaban J connectivity index is 2.62. The second-order valence-electron chi connectivity index (χ2n) is 3.78. The molecule has 1 aromatic carbocycles. The highest BCUT2D eigenvalue weighted by molar-refractivity contribution is 5.45. The van der Waals surface area contributed by atoms with E-state index in [1.165, 1.54) is 23.3 Å². The van der Waals surface area contributed by atoms with Crippen molar-refractivity contribution in [2.24, 2.45) is 0 Å². The monoisotopic (exact) mass is 223 g/mol. The molecule has 0 radical (unpaired) electrons. The predicted molar refractivity (Wildman–Crippen MR) is 55.7 cm³/mol. The van der Waals surface area contributed by atoms with Gasteiger partial charge in [0.2, 0.25) is 0 Å². The number of hydrogen-bond donors (Lipinski definition) is 0.